The molecule has 172 valence electrons. The standard InChI is InChI=1S/C26H28N2O4S/c1-19(2)18-32-24-11-7-6-10-23(24)25(29)28-26(33)27-20-12-14-22(15-13-20)31-17-16-30-21-8-4-3-5-9-21/h3-15,19H,16-18H2,1-2H3,(H2,27,28,29,33). The maximum atomic E-state index is 12.7. The van der Waals surface area contributed by atoms with Crippen LogP contribution in [0, 0.1) is 5.92 Å². The van der Waals surface area contributed by atoms with Crippen LogP contribution >= 0.6 is 12.2 Å². The van der Waals surface area contributed by atoms with E-state index in [4.69, 9.17) is 26.4 Å². The molecule has 0 unspecified atom stereocenters. The van der Waals surface area contributed by atoms with E-state index in [9.17, 15) is 4.79 Å². The Labute approximate surface area is 199 Å². The van der Waals surface area contributed by atoms with Gasteiger partial charge in [0.05, 0.1) is 12.2 Å². The molecule has 3 rings (SSSR count). The van der Waals surface area contributed by atoms with Gasteiger partial charge in [-0.25, -0.2) is 0 Å². The van der Waals surface area contributed by atoms with Crippen molar-refractivity contribution < 1.29 is 19.0 Å². The van der Waals surface area contributed by atoms with Gasteiger partial charge in [-0.1, -0.05) is 44.2 Å². The molecule has 0 radical (unpaired) electrons. The summed E-state index contributed by atoms with van der Waals surface area (Å²) in [6.07, 6.45) is 0. The number of rotatable bonds is 10. The molecule has 0 saturated heterocycles. The SMILES string of the molecule is CC(C)COc1ccccc1C(=O)NC(=S)Nc1ccc(OCCOc2ccccc2)cc1. The van der Waals surface area contributed by atoms with Crippen molar-refractivity contribution >= 4 is 28.9 Å². The second-order valence-electron chi connectivity index (χ2n) is 7.64. The van der Waals surface area contributed by atoms with Crippen LogP contribution in [0.25, 0.3) is 0 Å². The van der Waals surface area contributed by atoms with Crippen LogP contribution in [0.4, 0.5) is 5.69 Å². The predicted octanol–water partition coefficient (Wildman–Crippen LogP) is 5.31. The van der Waals surface area contributed by atoms with Gasteiger partial charge in [-0.15, -0.1) is 0 Å². The number of carbonyl (C=O) groups is 1. The first-order chi connectivity index (χ1) is 16.0. The maximum absolute atomic E-state index is 12.7. The average molecular weight is 465 g/mol. The summed E-state index contributed by atoms with van der Waals surface area (Å²) in [6.45, 7) is 5.50. The van der Waals surface area contributed by atoms with E-state index in [1.54, 1.807) is 18.2 Å². The number of anilines is 1. The number of nitrogens with one attached hydrogen (secondary N) is 2. The zero-order valence-electron chi connectivity index (χ0n) is 18.7. The normalized spacial score (nSPS) is 10.4. The molecule has 2 N–H and O–H groups in total. The van der Waals surface area contributed by atoms with E-state index in [1.807, 2.05) is 60.7 Å². The molecule has 0 aliphatic carbocycles. The fourth-order valence-electron chi connectivity index (χ4n) is 2.84. The van der Waals surface area contributed by atoms with E-state index in [0.29, 0.717) is 42.8 Å². The summed E-state index contributed by atoms with van der Waals surface area (Å²) in [6, 6.07) is 24.0. The van der Waals surface area contributed by atoms with Crippen LogP contribution in [0.3, 0.4) is 0 Å². The summed E-state index contributed by atoms with van der Waals surface area (Å²) in [5, 5.41) is 5.90. The van der Waals surface area contributed by atoms with Crippen LogP contribution in [0.2, 0.25) is 0 Å². The third-order valence-electron chi connectivity index (χ3n) is 4.41. The Morgan fingerprint density at radius 3 is 2.09 bits per heavy atom. The van der Waals surface area contributed by atoms with Crippen molar-refractivity contribution in [3.8, 4) is 17.2 Å². The lowest BCUT2D eigenvalue weighted by Crippen LogP contribution is -2.34. The lowest BCUT2D eigenvalue weighted by atomic mass is 10.2. The lowest BCUT2D eigenvalue weighted by molar-refractivity contribution is 0.0973. The minimum atomic E-state index is -0.328. The molecule has 0 spiro atoms. The second kappa shape index (κ2) is 12.5. The van der Waals surface area contributed by atoms with Gasteiger partial charge in [-0.05, 0) is 66.7 Å². The topological polar surface area (TPSA) is 68.8 Å². The third-order valence-corrected chi connectivity index (χ3v) is 4.61. The van der Waals surface area contributed by atoms with Crippen LogP contribution < -0.4 is 24.8 Å². The van der Waals surface area contributed by atoms with Gasteiger partial charge in [0, 0.05) is 5.69 Å². The number of carbonyl (C=O) groups excluding carboxylic acids is 1. The molecule has 0 aliphatic heterocycles. The predicted molar refractivity (Wildman–Crippen MR) is 134 cm³/mol. The molecular formula is C26H28N2O4S. The fraction of sp³-hybridized carbons (Fsp3) is 0.231. The smallest absolute Gasteiger partial charge is 0.261 e. The van der Waals surface area contributed by atoms with Gasteiger partial charge in [0.2, 0.25) is 0 Å². The van der Waals surface area contributed by atoms with Gasteiger partial charge in [-0.3, -0.25) is 10.1 Å². The van der Waals surface area contributed by atoms with E-state index < -0.39 is 0 Å². The summed E-state index contributed by atoms with van der Waals surface area (Å²) in [7, 11) is 0. The summed E-state index contributed by atoms with van der Waals surface area (Å²) in [5.41, 5.74) is 1.17. The average Bonchev–Trinajstić information content (AvgIpc) is 2.82. The number of benzene rings is 3. The molecule has 33 heavy (non-hydrogen) atoms. The molecule has 0 heterocycles. The maximum Gasteiger partial charge on any atom is 0.261 e. The quantitative estimate of drug-likeness (QED) is 0.313. The minimum absolute atomic E-state index is 0.198. The molecule has 0 bridgehead atoms. The third kappa shape index (κ3) is 8.12. The van der Waals surface area contributed by atoms with Crippen molar-refractivity contribution in [2.24, 2.45) is 5.92 Å². The molecule has 6 nitrogen and oxygen atoms in total. The number of thiocarbonyl (C=S) groups is 1. The largest absolute Gasteiger partial charge is 0.492 e. The molecule has 0 aliphatic rings. The number of hydrogen-bond donors (Lipinski definition) is 2. The molecule has 3 aromatic carbocycles. The van der Waals surface area contributed by atoms with E-state index in [-0.39, 0.29) is 11.0 Å². The summed E-state index contributed by atoms with van der Waals surface area (Å²) in [5.74, 6) is 2.08. The van der Waals surface area contributed by atoms with Crippen LogP contribution in [-0.4, -0.2) is 30.8 Å². The Kier molecular flexibility index (Phi) is 9.08. The molecule has 0 atom stereocenters. The zero-order chi connectivity index (χ0) is 23.5. The first-order valence-corrected chi connectivity index (χ1v) is 11.2. The second-order valence-corrected chi connectivity index (χ2v) is 8.05. The van der Waals surface area contributed by atoms with Crippen molar-refractivity contribution in [1.29, 1.82) is 0 Å². The zero-order valence-corrected chi connectivity index (χ0v) is 19.6. The van der Waals surface area contributed by atoms with E-state index in [1.165, 1.54) is 0 Å². The van der Waals surface area contributed by atoms with Crippen molar-refractivity contribution in [3.63, 3.8) is 0 Å². The number of ether oxygens (including phenoxy) is 3. The van der Waals surface area contributed by atoms with E-state index in [2.05, 4.69) is 24.5 Å². The molecule has 3 aromatic rings. The number of para-hydroxylation sites is 2. The van der Waals surface area contributed by atoms with Crippen molar-refractivity contribution in [1.82, 2.24) is 5.32 Å². The van der Waals surface area contributed by atoms with Crippen LogP contribution in [0.1, 0.15) is 24.2 Å². The molecule has 1 amide bonds. The molecule has 0 fully saturated rings. The van der Waals surface area contributed by atoms with Gasteiger partial charge < -0.3 is 19.5 Å². The summed E-state index contributed by atoms with van der Waals surface area (Å²) < 4.78 is 17.1. The Bertz CT molecular complexity index is 1040. The minimum Gasteiger partial charge on any atom is -0.492 e. The highest BCUT2D eigenvalue weighted by Gasteiger charge is 2.14. The van der Waals surface area contributed by atoms with Crippen LogP contribution in [0.5, 0.6) is 17.2 Å². The number of amides is 1. The first kappa shape index (κ1) is 24.1. The highest BCUT2D eigenvalue weighted by atomic mass is 32.1. The van der Waals surface area contributed by atoms with Gasteiger partial charge >= 0.3 is 0 Å². The first-order valence-electron chi connectivity index (χ1n) is 10.8. The van der Waals surface area contributed by atoms with Gasteiger partial charge in [-0.2, -0.15) is 0 Å². The summed E-state index contributed by atoms with van der Waals surface area (Å²) >= 11 is 5.30. The van der Waals surface area contributed by atoms with Crippen LogP contribution in [0.15, 0.2) is 78.9 Å². The Hall–Kier alpha value is -3.58. The fourth-order valence-corrected chi connectivity index (χ4v) is 3.05. The van der Waals surface area contributed by atoms with Crippen molar-refractivity contribution in [2.75, 3.05) is 25.1 Å². The highest BCUT2D eigenvalue weighted by Crippen LogP contribution is 2.19. The molecule has 7 heteroatoms. The number of hydrogen-bond acceptors (Lipinski definition) is 5. The van der Waals surface area contributed by atoms with E-state index in [0.717, 1.165) is 11.4 Å². The van der Waals surface area contributed by atoms with E-state index >= 15 is 0 Å². The Morgan fingerprint density at radius 2 is 1.42 bits per heavy atom. The summed E-state index contributed by atoms with van der Waals surface area (Å²) in [4.78, 5) is 12.7. The lowest BCUT2D eigenvalue weighted by Gasteiger charge is -2.14. The Morgan fingerprint density at radius 1 is 0.818 bits per heavy atom. The van der Waals surface area contributed by atoms with Gasteiger partial charge in [0.15, 0.2) is 5.11 Å². The molecular weight excluding hydrogens is 436 g/mol. The highest BCUT2D eigenvalue weighted by molar-refractivity contribution is 7.80. The van der Waals surface area contributed by atoms with Crippen molar-refractivity contribution in [2.45, 2.75) is 13.8 Å². The monoisotopic (exact) mass is 464 g/mol. The Balaban J connectivity index is 1.45. The van der Waals surface area contributed by atoms with Crippen LogP contribution in [-0.2, 0) is 0 Å². The van der Waals surface area contributed by atoms with Gasteiger partial charge in [0.1, 0.15) is 30.5 Å². The molecule has 0 saturated carbocycles. The van der Waals surface area contributed by atoms with Gasteiger partial charge in [0.25, 0.3) is 5.91 Å². The molecule has 0 aromatic heterocycles. The van der Waals surface area contributed by atoms with Crippen molar-refractivity contribution in [3.05, 3.63) is 84.4 Å².